The number of hydrogen-bond acceptors (Lipinski definition) is 2. The average Bonchev–Trinajstić information content (AvgIpc) is 2.45. The molecular weight excluding hydrogens is 174 g/mol. The highest BCUT2D eigenvalue weighted by atomic mass is 15.1. The van der Waals surface area contributed by atoms with E-state index in [2.05, 4.69) is 42.6 Å². The molecule has 0 aliphatic rings. The second-order valence-corrected chi connectivity index (χ2v) is 4.75. The van der Waals surface area contributed by atoms with Gasteiger partial charge in [-0.05, 0) is 12.0 Å². The number of imidazole rings is 1. The quantitative estimate of drug-likeness (QED) is 0.800. The molecule has 0 saturated heterocycles. The van der Waals surface area contributed by atoms with Gasteiger partial charge in [0.25, 0.3) is 0 Å². The lowest BCUT2D eigenvalue weighted by molar-refractivity contribution is 0.261. The molecule has 1 aromatic heterocycles. The van der Waals surface area contributed by atoms with Crippen molar-refractivity contribution < 1.29 is 0 Å². The van der Waals surface area contributed by atoms with Crippen LogP contribution in [0, 0.1) is 5.41 Å². The lowest BCUT2D eigenvalue weighted by atomic mass is 9.86. The summed E-state index contributed by atoms with van der Waals surface area (Å²) in [4.78, 5) is 4.40. The van der Waals surface area contributed by atoms with Crippen molar-refractivity contribution in [3.8, 4) is 0 Å². The van der Waals surface area contributed by atoms with Crippen molar-refractivity contribution >= 4 is 0 Å². The maximum Gasteiger partial charge on any atom is 0.126 e. The van der Waals surface area contributed by atoms with E-state index in [1.54, 1.807) is 0 Å². The van der Waals surface area contributed by atoms with E-state index < -0.39 is 0 Å². The van der Waals surface area contributed by atoms with Gasteiger partial charge in [0.15, 0.2) is 0 Å². The highest BCUT2D eigenvalue weighted by Crippen LogP contribution is 2.31. The van der Waals surface area contributed by atoms with Crippen LogP contribution in [0.4, 0.5) is 0 Å². The predicted molar refractivity (Wildman–Crippen MR) is 59.1 cm³/mol. The fourth-order valence-electron chi connectivity index (χ4n) is 1.64. The minimum absolute atomic E-state index is 0.190. The molecule has 0 aromatic carbocycles. The SMILES string of the molecule is CCNC(c1nccn1C)C(C)(C)C. The summed E-state index contributed by atoms with van der Waals surface area (Å²) < 4.78 is 2.08. The summed E-state index contributed by atoms with van der Waals surface area (Å²) in [6.45, 7) is 9.79. The van der Waals surface area contributed by atoms with E-state index in [0.29, 0.717) is 6.04 Å². The van der Waals surface area contributed by atoms with Crippen molar-refractivity contribution in [1.82, 2.24) is 14.9 Å². The third-order valence-corrected chi connectivity index (χ3v) is 2.39. The van der Waals surface area contributed by atoms with Gasteiger partial charge in [-0.3, -0.25) is 0 Å². The average molecular weight is 195 g/mol. The van der Waals surface area contributed by atoms with Gasteiger partial charge in [0.1, 0.15) is 5.82 Å². The monoisotopic (exact) mass is 195 g/mol. The molecule has 1 unspecified atom stereocenters. The maximum atomic E-state index is 4.40. The molecule has 0 bridgehead atoms. The molecule has 0 radical (unpaired) electrons. The minimum Gasteiger partial charge on any atom is -0.337 e. The van der Waals surface area contributed by atoms with E-state index in [4.69, 9.17) is 0 Å². The molecule has 1 N–H and O–H groups in total. The van der Waals surface area contributed by atoms with Crippen molar-refractivity contribution in [1.29, 1.82) is 0 Å². The van der Waals surface area contributed by atoms with Crippen LogP contribution in [0.2, 0.25) is 0 Å². The van der Waals surface area contributed by atoms with Gasteiger partial charge < -0.3 is 9.88 Å². The molecule has 1 aromatic rings. The van der Waals surface area contributed by atoms with E-state index in [-0.39, 0.29) is 5.41 Å². The smallest absolute Gasteiger partial charge is 0.126 e. The first kappa shape index (κ1) is 11.2. The van der Waals surface area contributed by atoms with E-state index in [1.807, 2.05) is 19.4 Å². The van der Waals surface area contributed by atoms with E-state index in [9.17, 15) is 0 Å². The van der Waals surface area contributed by atoms with Gasteiger partial charge in [-0.15, -0.1) is 0 Å². The van der Waals surface area contributed by atoms with Crippen LogP contribution in [-0.2, 0) is 7.05 Å². The predicted octanol–water partition coefficient (Wildman–Crippen LogP) is 2.12. The molecule has 0 fully saturated rings. The van der Waals surface area contributed by atoms with Gasteiger partial charge >= 0.3 is 0 Å². The van der Waals surface area contributed by atoms with Crippen LogP contribution in [0.1, 0.15) is 39.6 Å². The van der Waals surface area contributed by atoms with Crippen LogP contribution in [0.3, 0.4) is 0 Å². The van der Waals surface area contributed by atoms with Crippen LogP contribution in [0.25, 0.3) is 0 Å². The Morgan fingerprint density at radius 3 is 2.50 bits per heavy atom. The molecule has 1 atom stereocenters. The molecule has 1 rings (SSSR count). The van der Waals surface area contributed by atoms with Gasteiger partial charge in [-0.1, -0.05) is 27.7 Å². The molecule has 0 aliphatic carbocycles. The summed E-state index contributed by atoms with van der Waals surface area (Å²) in [7, 11) is 2.04. The molecule has 0 aliphatic heterocycles. The van der Waals surface area contributed by atoms with Gasteiger partial charge in [0.2, 0.25) is 0 Å². The molecule has 0 saturated carbocycles. The lowest BCUT2D eigenvalue weighted by Gasteiger charge is -2.30. The molecular formula is C11H21N3. The zero-order valence-electron chi connectivity index (χ0n) is 9.83. The Morgan fingerprint density at radius 2 is 2.14 bits per heavy atom. The van der Waals surface area contributed by atoms with Crippen LogP contribution >= 0.6 is 0 Å². The minimum atomic E-state index is 0.190. The number of rotatable bonds is 3. The molecule has 0 spiro atoms. The van der Waals surface area contributed by atoms with Crippen molar-refractivity contribution in [2.75, 3.05) is 6.54 Å². The summed E-state index contributed by atoms with van der Waals surface area (Å²) in [6.07, 6.45) is 3.84. The third kappa shape index (κ3) is 2.35. The standard InChI is InChI=1S/C11H21N3/c1-6-12-9(11(2,3)4)10-13-7-8-14(10)5/h7-9,12H,6H2,1-5H3. The second-order valence-electron chi connectivity index (χ2n) is 4.75. The number of aryl methyl sites for hydroxylation is 1. The van der Waals surface area contributed by atoms with Crippen LogP contribution in [-0.4, -0.2) is 16.1 Å². The third-order valence-electron chi connectivity index (χ3n) is 2.39. The fraction of sp³-hybridized carbons (Fsp3) is 0.727. The first-order valence-electron chi connectivity index (χ1n) is 5.17. The Labute approximate surface area is 86.5 Å². The van der Waals surface area contributed by atoms with Gasteiger partial charge in [0, 0.05) is 19.4 Å². The largest absolute Gasteiger partial charge is 0.337 e. The van der Waals surface area contributed by atoms with E-state index in [0.717, 1.165) is 12.4 Å². The summed E-state index contributed by atoms with van der Waals surface area (Å²) in [5.74, 6) is 1.11. The molecule has 3 nitrogen and oxygen atoms in total. The van der Waals surface area contributed by atoms with Crippen molar-refractivity contribution in [2.24, 2.45) is 12.5 Å². The highest BCUT2D eigenvalue weighted by Gasteiger charge is 2.28. The maximum absolute atomic E-state index is 4.40. The Hall–Kier alpha value is -0.830. The van der Waals surface area contributed by atoms with E-state index in [1.165, 1.54) is 0 Å². The van der Waals surface area contributed by atoms with Crippen molar-refractivity contribution in [3.05, 3.63) is 18.2 Å². The zero-order chi connectivity index (χ0) is 10.8. The zero-order valence-corrected chi connectivity index (χ0v) is 9.83. The Kier molecular flexibility index (Phi) is 3.32. The second kappa shape index (κ2) is 4.13. The summed E-state index contributed by atoms with van der Waals surface area (Å²) in [6, 6.07) is 0.312. The number of nitrogens with one attached hydrogen (secondary N) is 1. The molecule has 1 heterocycles. The lowest BCUT2D eigenvalue weighted by Crippen LogP contribution is -2.34. The Balaban J connectivity index is 2.95. The van der Waals surface area contributed by atoms with Crippen molar-refractivity contribution in [2.45, 2.75) is 33.7 Å². The molecule has 14 heavy (non-hydrogen) atoms. The number of nitrogens with zero attached hydrogens (tertiary/aromatic N) is 2. The summed E-state index contributed by atoms with van der Waals surface area (Å²) in [5, 5.41) is 3.48. The first-order chi connectivity index (χ1) is 6.46. The normalized spacial score (nSPS) is 14.4. The molecule has 3 heteroatoms. The number of hydrogen-bond donors (Lipinski definition) is 1. The summed E-state index contributed by atoms with van der Waals surface area (Å²) in [5.41, 5.74) is 0.190. The van der Waals surface area contributed by atoms with Crippen LogP contribution in [0.5, 0.6) is 0 Å². The van der Waals surface area contributed by atoms with Crippen LogP contribution < -0.4 is 5.32 Å². The number of aromatic nitrogens is 2. The topological polar surface area (TPSA) is 29.9 Å². The fourth-order valence-corrected chi connectivity index (χ4v) is 1.64. The molecule has 80 valence electrons. The van der Waals surface area contributed by atoms with Gasteiger partial charge in [-0.25, -0.2) is 4.98 Å². The first-order valence-corrected chi connectivity index (χ1v) is 5.17. The van der Waals surface area contributed by atoms with Gasteiger partial charge in [0.05, 0.1) is 6.04 Å². The highest BCUT2D eigenvalue weighted by molar-refractivity contribution is 5.02. The Morgan fingerprint density at radius 1 is 1.50 bits per heavy atom. The van der Waals surface area contributed by atoms with Crippen molar-refractivity contribution in [3.63, 3.8) is 0 Å². The van der Waals surface area contributed by atoms with Crippen LogP contribution in [0.15, 0.2) is 12.4 Å². The summed E-state index contributed by atoms with van der Waals surface area (Å²) >= 11 is 0. The van der Waals surface area contributed by atoms with Gasteiger partial charge in [-0.2, -0.15) is 0 Å². The van der Waals surface area contributed by atoms with E-state index >= 15 is 0 Å². The Bertz CT molecular complexity index is 283. The molecule has 0 amide bonds.